The van der Waals surface area contributed by atoms with Gasteiger partial charge in [0.1, 0.15) is 5.82 Å². The second-order valence-corrected chi connectivity index (χ2v) is 6.29. The molecule has 0 bridgehead atoms. The molecule has 1 aliphatic rings. The van der Waals surface area contributed by atoms with Crippen LogP contribution in [0, 0.1) is 12.8 Å². The molecular weight excluding hydrogens is 318 g/mol. The summed E-state index contributed by atoms with van der Waals surface area (Å²) in [6, 6.07) is 2.07. The summed E-state index contributed by atoms with van der Waals surface area (Å²) in [4.78, 5) is 18.8. The molecule has 1 aromatic rings. The Labute approximate surface area is 129 Å². The van der Waals surface area contributed by atoms with Gasteiger partial charge < -0.3 is 10.2 Å². The Hall–Kier alpha value is -1.10. The van der Waals surface area contributed by atoms with Gasteiger partial charge in [0.25, 0.3) is 0 Å². The van der Waals surface area contributed by atoms with Crippen LogP contribution in [0.2, 0.25) is 0 Å². The number of hydrogen-bond acceptors (Lipinski definition) is 3. The number of carbonyl (C=O) groups excluding carboxylic acids is 1. The third-order valence-electron chi connectivity index (χ3n) is 3.66. The predicted octanol–water partition coefficient (Wildman–Crippen LogP) is 2.90. The van der Waals surface area contributed by atoms with E-state index in [-0.39, 0.29) is 11.8 Å². The Morgan fingerprint density at radius 2 is 2.40 bits per heavy atom. The normalized spacial score (nSPS) is 18.9. The van der Waals surface area contributed by atoms with Crippen LogP contribution in [0.25, 0.3) is 0 Å². The summed E-state index contributed by atoms with van der Waals surface area (Å²) in [6.07, 6.45) is 4.82. The van der Waals surface area contributed by atoms with E-state index in [1.54, 1.807) is 0 Å². The minimum absolute atomic E-state index is 0.0835. The number of amides is 1. The van der Waals surface area contributed by atoms with Gasteiger partial charge >= 0.3 is 0 Å². The lowest BCUT2D eigenvalue weighted by Gasteiger charge is -2.33. The van der Waals surface area contributed by atoms with Gasteiger partial charge in [-0.25, -0.2) is 4.98 Å². The number of pyridine rings is 1. The van der Waals surface area contributed by atoms with E-state index in [1.165, 1.54) is 0 Å². The molecule has 1 N–H and O–H groups in total. The van der Waals surface area contributed by atoms with Gasteiger partial charge in [-0.2, -0.15) is 0 Å². The van der Waals surface area contributed by atoms with Crippen molar-refractivity contribution in [3.05, 3.63) is 22.3 Å². The second-order valence-electron chi connectivity index (χ2n) is 5.37. The molecule has 4 nitrogen and oxygen atoms in total. The van der Waals surface area contributed by atoms with Crippen molar-refractivity contribution in [2.24, 2.45) is 5.92 Å². The van der Waals surface area contributed by atoms with Crippen molar-refractivity contribution < 1.29 is 4.79 Å². The van der Waals surface area contributed by atoms with Crippen LogP contribution in [0.15, 0.2) is 16.7 Å². The summed E-state index contributed by atoms with van der Waals surface area (Å²) in [6.45, 7) is 6.65. The zero-order chi connectivity index (χ0) is 14.5. The number of hydrogen-bond donors (Lipinski definition) is 1. The first-order chi connectivity index (χ1) is 9.61. The van der Waals surface area contributed by atoms with E-state index in [1.807, 2.05) is 6.20 Å². The maximum atomic E-state index is 12.1. The van der Waals surface area contributed by atoms with Crippen LogP contribution in [0.3, 0.4) is 0 Å². The summed E-state index contributed by atoms with van der Waals surface area (Å²) in [5.41, 5.74) is 1.15. The zero-order valence-electron chi connectivity index (χ0n) is 12.2. The minimum Gasteiger partial charge on any atom is -0.356 e. The Morgan fingerprint density at radius 1 is 1.60 bits per heavy atom. The van der Waals surface area contributed by atoms with E-state index in [0.29, 0.717) is 0 Å². The van der Waals surface area contributed by atoms with E-state index in [9.17, 15) is 4.79 Å². The number of aryl methyl sites for hydroxylation is 1. The average Bonchev–Trinajstić information content (AvgIpc) is 2.45. The molecule has 2 rings (SSSR count). The van der Waals surface area contributed by atoms with Crippen molar-refractivity contribution in [1.82, 2.24) is 10.3 Å². The molecule has 1 aliphatic heterocycles. The Balaban J connectivity index is 2.04. The molecule has 0 aromatic carbocycles. The first-order valence-corrected chi connectivity index (χ1v) is 8.06. The van der Waals surface area contributed by atoms with Crippen molar-refractivity contribution in [2.45, 2.75) is 33.1 Å². The molecule has 110 valence electrons. The number of halogens is 1. The molecule has 1 unspecified atom stereocenters. The van der Waals surface area contributed by atoms with Crippen molar-refractivity contribution in [1.29, 1.82) is 0 Å². The molecule has 0 saturated carbocycles. The van der Waals surface area contributed by atoms with Gasteiger partial charge in [-0.15, -0.1) is 0 Å². The van der Waals surface area contributed by atoms with Gasteiger partial charge in [0, 0.05) is 30.3 Å². The van der Waals surface area contributed by atoms with Crippen molar-refractivity contribution in [2.75, 3.05) is 24.5 Å². The number of aromatic nitrogens is 1. The van der Waals surface area contributed by atoms with Gasteiger partial charge in [0.15, 0.2) is 0 Å². The van der Waals surface area contributed by atoms with E-state index < -0.39 is 0 Å². The molecule has 1 amide bonds. The monoisotopic (exact) mass is 339 g/mol. The summed E-state index contributed by atoms with van der Waals surface area (Å²) >= 11 is 3.44. The zero-order valence-corrected chi connectivity index (χ0v) is 13.7. The van der Waals surface area contributed by atoms with Gasteiger partial charge in [-0.3, -0.25) is 4.79 Å². The third-order valence-corrected chi connectivity index (χ3v) is 4.09. The van der Waals surface area contributed by atoms with Gasteiger partial charge in [-0.05, 0) is 53.7 Å². The van der Waals surface area contributed by atoms with Crippen molar-refractivity contribution >= 4 is 27.7 Å². The van der Waals surface area contributed by atoms with Crippen LogP contribution in [-0.2, 0) is 4.79 Å². The van der Waals surface area contributed by atoms with Crippen LogP contribution in [0.5, 0.6) is 0 Å². The molecule has 0 radical (unpaired) electrons. The highest BCUT2D eigenvalue weighted by atomic mass is 79.9. The minimum atomic E-state index is 0.0835. The number of nitrogens with one attached hydrogen (secondary N) is 1. The maximum Gasteiger partial charge on any atom is 0.224 e. The molecule has 5 heteroatoms. The number of rotatable bonds is 4. The topological polar surface area (TPSA) is 45.2 Å². The Bertz CT molecular complexity index is 478. The summed E-state index contributed by atoms with van der Waals surface area (Å²) in [7, 11) is 0. The summed E-state index contributed by atoms with van der Waals surface area (Å²) in [5.74, 6) is 1.27. The SMILES string of the molecule is CCCNC(=O)C1CCCN(c2ncc(Br)cc2C)C1. The Kier molecular flexibility index (Phi) is 5.40. The molecule has 1 fully saturated rings. The molecule has 1 saturated heterocycles. The number of piperidine rings is 1. The van der Waals surface area contributed by atoms with Crippen molar-refractivity contribution in [3.63, 3.8) is 0 Å². The lowest BCUT2D eigenvalue weighted by atomic mass is 9.96. The third kappa shape index (κ3) is 3.72. The van der Waals surface area contributed by atoms with Crippen LogP contribution in [-0.4, -0.2) is 30.5 Å². The lowest BCUT2D eigenvalue weighted by Crippen LogP contribution is -2.43. The van der Waals surface area contributed by atoms with E-state index in [4.69, 9.17) is 0 Å². The highest BCUT2D eigenvalue weighted by Crippen LogP contribution is 2.26. The van der Waals surface area contributed by atoms with E-state index in [0.717, 1.165) is 54.8 Å². The van der Waals surface area contributed by atoms with Gasteiger partial charge in [-0.1, -0.05) is 6.92 Å². The first kappa shape index (κ1) is 15.3. The molecule has 2 heterocycles. The van der Waals surface area contributed by atoms with Crippen LogP contribution in [0.4, 0.5) is 5.82 Å². The standard InChI is InChI=1S/C15H22BrN3O/c1-3-6-17-15(20)12-5-4-7-19(10-12)14-11(2)8-13(16)9-18-14/h8-9,12H,3-7,10H2,1-2H3,(H,17,20). The number of nitrogens with zero attached hydrogens (tertiary/aromatic N) is 2. The van der Waals surface area contributed by atoms with Crippen LogP contribution >= 0.6 is 15.9 Å². The molecule has 0 spiro atoms. The first-order valence-electron chi connectivity index (χ1n) is 7.26. The van der Waals surface area contributed by atoms with Crippen molar-refractivity contribution in [3.8, 4) is 0 Å². The maximum absolute atomic E-state index is 12.1. The quantitative estimate of drug-likeness (QED) is 0.917. The molecular formula is C15H22BrN3O. The van der Waals surface area contributed by atoms with Crippen LogP contribution in [0.1, 0.15) is 31.7 Å². The average molecular weight is 340 g/mol. The molecule has 1 aromatic heterocycles. The summed E-state index contributed by atoms with van der Waals surface area (Å²) < 4.78 is 0.994. The largest absolute Gasteiger partial charge is 0.356 e. The fraction of sp³-hybridized carbons (Fsp3) is 0.600. The van der Waals surface area contributed by atoms with Crippen LogP contribution < -0.4 is 10.2 Å². The fourth-order valence-corrected chi connectivity index (χ4v) is 3.09. The highest BCUT2D eigenvalue weighted by molar-refractivity contribution is 9.10. The molecule has 20 heavy (non-hydrogen) atoms. The summed E-state index contributed by atoms with van der Waals surface area (Å²) in [5, 5.41) is 3.00. The van der Waals surface area contributed by atoms with E-state index in [2.05, 4.69) is 51.0 Å². The highest BCUT2D eigenvalue weighted by Gasteiger charge is 2.26. The lowest BCUT2D eigenvalue weighted by molar-refractivity contribution is -0.125. The number of carbonyl (C=O) groups is 1. The fourth-order valence-electron chi connectivity index (χ4n) is 2.64. The predicted molar refractivity (Wildman–Crippen MR) is 84.9 cm³/mol. The van der Waals surface area contributed by atoms with E-state index >= 15 is 0 Å². The van der Waals surface area contributed by atoms with Gasteiger partial charge in [0.05, 0.1) is 5.92 Å². The molecule has 1 atom stereocenters. The second kappa shape index (κ2) is 7.07. The van der Waals surface area contributed by atoms with Gasteiger partial charge in [0.2, 0.25) is 5.91 Å². The number of anilines is 1. The smallest absolute Gasteiger partial charge is 0.224 e. The molecule has 0 aliphatic carbocycles. The Morgan fingerprint density at radius 3 is 3.10 bits per heavy atom.